The van der Waals surface area contributed by atoms with Crippen molar-refractivity contribution in [3.8, 4) is 0 Å². The topological polar surface area (TPSA) is 73.8 Å². The summed E-state index contributed by atoms with van der Waals surface area (Å²) in [6, 6.07) is 8.19. The standard InChI is InChI=1S/C41H58Cl4N4O2S2/c1-2-3-4-5-6-7-12-15-18-21-26-46-40(50)30-24-25-33(43)36(27-30)47-39-32(22-19-16-13-10-8-9-11-14-17-20-23-37(52)53)41(51)49(48-39)38-34(44)28-31(42)29-35(38)45/h24-25,27-29,32H,2-23,26H2,1H3,(H,46,50)(H,47,48)(H,52,53). The Kier molecular flexibility index (Phi) is 22.8. The van der Waals surface area contributed by atoms with Gasteiger partial charge < -0.3 is 10.6 Å². The molecule has 2 aromatic carbocycles. The van der Waals surface area contributed by atoms with Crippen molar-refractivity contribution >= 4 is 104 Å². The molecule has 0 spiro atoms. The Hall–Kier alpha value is -1.55. The van der Waals surface area contributed by atoms with E-state index in [-0.39, 0.29) is 27.5 Å². The monoisotopic (exact) mass is 842 g/mol. The summed E-state index contributed by atoms with van der Waals surface area (Å²) in [5.74, 6) is -0.534. The number of amidine groups is 1. The number of halogens is 4. The fraction of sp³-hybridized carbons (Fsp3) is 0.610. The minimum absolute atomic E-state index is 0.166. The van der Waals surface area contributed by atoms with E-state index in [1.807, 2.05) is 0 Å². The van der Waals surface area contributed by atoms with Crippen molar-refractivity contribution in [3.05, 3.63) is 56.0 Å². The van der Waals surface area contributed by atoms with E-state index >= 15 is 0 Å². The Morgan fingerprint density at radius 2 is 1.28 bits per heavy atom. The van der Waals surface area contributed by atoms with Gasteiger partial charge >= 0.3 is 0 Å². The third kappa shape index (κ3) is 17.0. The quantitative estimate of drug-likeness (QED) is 0.0476. The maximum absolute atomic E-state index is 13.9. The molecule has 0 saturated heterocycles. The number of carbonyl (C=O) groups is 2. The average Bonchev–Trinajstić information content (AvgIpc) is 3.41. The van der Waals surface area contributed by atoms with Crippen LogP contribution >= 0.6 is 71.3 Å². The Labute approximate surface area is 349 Å². The molecule has 0 bridgehead atoms. The number of thiocarbonyl (C=S) groups is 1. The van der Waals surface area contributed by atoms with E-state index in [1.165, 1.54) is 94.9 Å². The lowest BCUT2D eigenvalue weighted by molar-refractivity contribution is -0.119. The van der Waals surface area contributed by atoms with E-state index in [0.29, 0.717) is 40.1 Å². The van der Waals surface area contributed by atoms with E-state index in [1.54, 1.807) is 30.3 Å². The van der Waals surface area contributed by atoms with Gasteiger partial charge in [0.2, 0.25) is 0 Å². The van der Waals surface area contributed by atoms with Crippen molar-refractivity contribution in [2.45, 2.75) is 148 Å². The zero-order valence-electron chi connectivity index (χ0n) is 31.3. The third-order valence-electron chi connectivity index (χ3n) is 9.68. The van der Waals surface area contributed by atoms with E-state index in [4.69, 9.17) is 58.6 Å². The van der Waals surface area contributed by atoms with Gasteiger partial charge in [0, 0.05) is 21.3 Å². The van der Waals surface area contributed by atoms with Gasteiger partial charge in [-0.05, 0) is 56.0 Å². The number of nitrogens with zero attached hydrogens (tertiary/aromatic N) is 2. The molecule has 2 aromatic rings. The highest BCUT2D eigenvalue weighted by Gasteiger charge is 2.38. The Morgan fingerprint density at radius 3 is 1.85 bits per heavy atom. The second-order valence-corrected chi connectivity index (χ2v) is 17.1. The Bertz CT molecular complexity index is 1470. The fourth-order valence-corrected chi connectivity index (χ4v) is 8.06. The number of hydrogen-bond acceptors (Lipinski definition) is 5. The van der Waals surface area contributed by atoms with Crippen LogP contribution in [0.3, 0.4) is 0 Å². The van der Waals surface area contributed by atoms with Gasteiger partial charge in [-0.15, -0.1) is 12.6 Å². The first-order valence-electron chi connectivity index (χ1n) is 19.8. The van der Waals surface area contributed by atoms with E-state index in [9.17, 15) is 9.59 Å². The molecule has 294 valence electrons. The summed E-state index contributed by atoms with van der Waals surface area (Å²) in [5, 5.41) is 13.5. The molecule has 1 heterocycles. The van der Waals surface area contributed by atoms with Gasteiger partial charge in [0.1, 0.15) is 17.4 Å². The maximum atomic E-state index is 13.9. The molecule has 0 fully saturated rings. The average molecular weight is 845 g/mol. The molecule has 12 heteroatoms. The van der Waals surface area contributed by atoms with Gasteiger partial charge in [-0.25, -0.2) is 0 Å². The lowest BCUT2D eigenvalue weighted by atomic mass is 9.98. The number of nitrogens with one attached hydrogen (secondary N) is 2. The van der Waals surface area contributed by atoms with Gasteiger partial charge in [-0.3, -0.25) is 9.59 Å². The molecule has 0 aromatic heterocycles. The minimum Gasteiger partial charge on any atom is -0.352 e. The van der Waals surface area contributed by atoms with Crippen LogP contribution < -0.4 is 15.6 Å². The molecule has 0 aliphatic carbocycles. The van der Waals surface area contributed by atoms with E-state index in [2.05, 4.69) is 35.3 Å². The fourth-order valence-electron chi connectivity index (χ4n) is 6.62. The van der Waals surface area contributed by atoms with Crippen molar-refractivity contribution < 1.29 is 9.59 Å². The van der Waals surface area contributed by atoms with Gasteiger partial charge in [-0.2, -0.15) is 10.1 Å². The summed E-state index contributed by atoms with van der Waals surface area (Å²) in [6.45, 7) is 2.86. The third-order valence-corrected chi connectivity index (χ3v) is 11.2. The maximum Gasteiger partial charge on any atom is 0.258 e. The summed E-state index contributed by atoms with van der Waals surface area (Å²) in [6.07, 6.45) is 25.3. The second kappa shape index (κ2) is 26.3. The zero-order chi connectivity index (χ0) is 38.4. The number of hydrazone groups is 1. The summed E-state index contributed by atoms with van der Waals surface area (Å²) >= 11 is 35.1. The molecule has 6 nitrogen and oxygen atoms in total. The molecule has 0 saturated carbocycles. The predicted octanol–water partition coefficient (Wildman–Crippen LogP) is 14.3. The SMILES string of the molecule is CCCCCCCCCCCCNC(=O)c1ccc(Cl)c(NC2=NN(c3c(Cl)cc(Cl)cc3Cl)C(=O)C2CCCCCCCCCCCCC(=S)S)c1. The van der Waals surface area contributed by atoms with E-state index < -0.39 is 5.92 Å². The van der Waals surface area contributed by atoms with Crippen molar-refractivity contribution in [2.75, 3.05) is 16.9 Å². The van der Waals surface area contributed by atoms with Crippen LogP contribution in [0.4, 0.5) is 11.4 Å². The van der Waals surface area contributed by atoms with Crippen molar-refractivity contribution in [1.82, 2.24) is 5.32 Å². The number of amides is 2. The highest BCUT2D eigenvalue weighted by molar-refractivity contribution is 8.11. The van der Waals surface area contributed by atoms with Crippen molar-refractivity contribution in [3.63, 3.8) is 0 Å². The number of carbonyl (C=O) groups excluding carboxylic acids is 2. The van der Waals surface area contributed by atoms with Gasteiger partial charge in [0.25, 0.3) is 11.8 Å². The highest BCUT2D eigenvalue weighted by atomic mass is 35.5. The first kappa shape index (κ1) is 45.8. The summed E-state index contributed by atoms with van der Waals surface area (Å²) in [5.41, 5.74) is 1.26. The zero-order valence-corrected chi connectivity index (χ0v) is 36.0. The van der Waals surface area contributed by atoms with Gasteiger partial charge in [0.15, 0.2) is 0 Å². The molecule has 1 aliphatic rings. The normalized spacial score (nSPS) is 14.2. The summed E-state index contributed by atoms with van der Waals surface area (Å²) in [7, 11) is 0. The lowest BCUT2D eigenvalue weighted by Gasteiger charge is -2.17. The molecule has 3 rings (SSSR count). The summed E-state index contributed by atoms with van der Waals surface area (Å²) < 4.78 is 0.802. The van der Waals surface area contributed by atoms with Crippen molar-refractivity contribution in [2.24, 2.45) is 11.0 Å². The van der Waals surface area contributed by atoms with Crippen LogP contribution in [-0.2, 0) is 4.79 Å². The Morgan fingerprint density at radius 1 is 0.755 bits per heavy atom. The second-order valence-electron chi connectivity index (χ2n) is 14.1. The molecule has 2 amide bonds. The molecule has 53 heavy (non-hydrogen) atoms. The van der Waals surface area contributed by atoms with Crippen molar-refractivity contribution in [1.29, 1.82) is 0 Å². The van der Waals surface area contributed by atoms with Gasteiger partial charge in [-0.1, -0.05) is 181 Å². The molecular formula is C41H58Cl4N4O2S2. The first-order valence-corrected chi connectivity index (χ1v) is 22.1. The van der Waals surface area contributed by atoms with Gasteiger partial charge in [0.05, 0.1) is 20.8 Å². The number of benzene rings is 2. The number of thiol groups is 1. The van der Waals surface area contributed by atoms with Crippen LogP contribution in [0.15, 0.2) is 35.4 Å². The van der Waals surface area contributed by atoms with Crippen LogP contribution in [0.25, 0.3) is 0 Å². The molecule has 0 radical (unpaired) electrons. The van der Waals surface area contributed by atoms with Crippen LogP contribution in [-0.4, -0.2) is 28.4 Å². The molecule has 2 N–H and O–H groups in total. The number of hydrogen-bond donors (Lipinski definition) is 3. The van der Waals surface area contributed by atoms with Crippen LogP contribution in [0.2, 0.25) is 20.1 Å². The molecule has 1 unspecified atom stereocenters. The minimum atomic E-state index is -0.562. The van der Waals surface area contributed by atoms with E-state index in [0.717, 1.165) is 49.1 Å². The lowest BCUT2D eigenvalue weighted by Crippen LogP contribution is -2.30. The first-order chi connectivity index (χ1) is 25.6. The largest absolute Gasteiger partial charge is 0.352 e. The predicted molar refractivity (Wildman–Crippen MR) is 236 cm³/mol. The summed E-state index contributed by atoms with van der Waals surface area (Å²) in [4.78, 5) is 27.0. The molecule has 1 atom stereocenters. The van der Waals surface area contributed by atoms with Crippen LogP contribution in [0.1, 0.15) is 159 Å². The Balaban J connectivity index is 1.55. The molecular weight excluding hydrogens is 786 g/mol. The molecule has 1 aliphatic heterocycles. The highest BCUT2D eigenvalue weighted by Crippen LogP contribution is 2.40. The number of anilines is 2. The van der Waals surface area contributed by atoms with Crippen LogP contribution in [0, 0.1) is 5.92 Å². The van der Waals surface area contributed by atoms with Crippen LogP contribution in [0.5, 0.6) is 0 Å². The number of rotatable bonds is 27. The number of unbranched alkanes of at least 4 members (excludes halogenated alkanes) is 18. The smallest absolute Gasteiger partial charge is 0.258 e.